The van der Waals surface area contributed by atoms with Crippen molar-refractivity contribution in [3.8, 4) is 0 Å². The highest BCUT2D eigenvalue weighted by molar-refractivity contribution is 5.87. The first kappa shape index (κ1) is 11.5. The van der Waals surface area contributed by atoms with Crippen LogP contribution < -0.4 is 0 Å². The highest BCUT2D eigenvalue weighted by atomic mass is 19.4. The predicted molar refractivity (Wildman–Crippen MR) is 45.7 cm³/mol. The minimum atomic E-state index is -4.50. The van der Waals surface area contributed by atoms with Crippen LogP contribution in [-0.2, 0) is 6.18 Å². The zero-order valence-electron chi connectivity index (χ0n) is 8.01. The molecule has 1 heterocycles. The van der Waals surface area contributed by atoms with Crippen molar-refractivity contribution in [2.75, 3.05) is 0 Å². The summed E-state index contributed by atoms with van der Waals surface area (Å²) in [5, 5.41) is 8.64. The monoisotopic (exact) mass is 219 g/mol. The summed E-state index contributed by atoms with van der Waals surface area (Å²) in [7, 11) is 0. The Morgan fingerprint density at radius 1 is 1.40 bits per heavy atom. The number of aryl methyl sites for hydroxylation is 2. The van der Waals surface area contributed by atoms with Crippen LogP contribution in [0, 0.1) is 13.8 Å². The smallest absolute Gasteiger partial charge is 0.418 e. The van der Waals surface area contributed by atoms with Gasteiger partial charge in [0.25, 0.3) is 0 Å². The van der Waals surface area contributed by atoms with Crippen LogP contribution in [0.5, 0.6) is 0 Å². The topological polar surface area (TPSA) is 50.2 Å². The van der Waals surface area contributed by atoms with Crippen LogP contribution in [0.15, 0.2) is 6.07 Å². The largest absolute Gasteiger partial charge is 0.477 e. The lowest BCUT2D eigenvalue weighted by Crippen LogP contribution is -2.13. The van der Waals surface area contributed by atoms with Crippen LogP contribution in [0.3, 0.4) is 0 Å². The fourth-order valence-electron chi connectivity index (χ4n) is 1.21. The average Bonchev–Trinajstić information content (AvgIpc) is 2.06. The number of alkyl halides is 3. The van der Waals surface area contributed by atoms with Gasteiger partial charge >= 0.3 is 12.1 Å². The van der Waals surface area contributed by atoms with E-state index in [0.29, 0.717) is 0 Å². The van der Waals surface area contributed by atoms with Gasteiger partial charge in [0.2, 0.25) is 0 Å². The Labute approximate surface area is 83.6 Å². The molecule has 0 saturated heterocycles. The molecule has 0 bridgehead atoms. The second-order valence-corrected chi connectivity index (χ2v) is 3.09. The molecule has 0 aromatic carbocycles. The maximum absolute atomic E-state index is 12.4. The van der Waals surface area contributed by atoms with E-state index in [0.717, 1.165) is 13.0 Å². The summed E-state index contributed by atoms with van der Waals surface area (Å²) in [5.74, 6) is -1.33. The molecule has 1 aromatic heterocycles. The van der Waals surface area contributed by atoms with Gasteiger partial charge in [-0.05, 0) is 25.5 Å². The number of carbonyl (C=O) groups is 1. The van der Waals surface area contributed by atoms with E-state index in [1.54, 1.807) is 0 Å². The molecule has 0 aliphatic heterocycles. The summed E-state index contributed by atoms with van der Waals surface area (Å²) in [4.78, 5) is 14.0. The molecule has 0 saturated carbocycles. The number of rotatable bonds is 1. The van der Waals surface area contributed by atoms with E-state index >= 15 is 0 Å². The molecule has 3 nitrogen and oxygen atoms in total. The van der Waals surface area contributed by atoms with E-state index in [1.165, 1.54) is 6.92 Å². The highest BCUT2D eigenvalue weighted by Crippen LogP contribution is 2.32. The standard InChI is InChI=1S/C9H8F3NO2/c1-4-3-6(9(10,11)12)5(2)13-7(4)8(14)15/h3H,1-2H3,(H,14,15). The van der Waals surface area contributed by atoms with Crippen molar-refractivity contribution in [2.24, 2.45) is 0 Å². The van der Waals surface area contributed by atoms with E-state index in [4.69, 9.17) is 5.11 Å². The highest BCUT2D eigenvalue weighted by Gasteiger charge is 2.34. The molecule has 15 heavy (non-hydrogen) atoms. The molecule has 0 amide bonds. The zero-order chi connectivity index (χ0) is 11.8. The SMILES string of the molecule is Cc1cc(C(F)(F)F)c(C)nc1C(=O)O. The number of carboxylic acid groups (broad SMARTS) is 1. The molecule has 6 heteroatoms. The summed E-state index contributed by atoms with van der Waals surface area (Å²) in [6.07, 6.45) is -4.50. The number of pyridine rings is 1. The summed E-state index contributed by atoms with van der Waals surface area (Å²) >= 11 is 0. The molecule has 0 aliphatic carbocycles. The Hall–Kier alpha value is -1.59. The number of nitrogens with zero attached hydrogens (tertiary/aromatic N) is 1. The van der Waals surface area contributed by atoms with Gasteiger partial charge in [-0.25, -0.2) is 9.78 Å². The van der Waals surface area contributed by atoms with Crippen molar-refractivity contribution >= 4 is 5.97 Å². The van der Waals surface area contributed by atoms with Gasteiger partial charge in [-0.15, -0.1) is 0 Å². The van der Waals surface area contributed by atoms with Gasteiger partial charge in [0.15, 0.2) is 5.69 Å². The Kier molecular flexibility index (Phi) is 2.70. The molecular formula is C9H8F3NO2. The minimum Gasteiger partial charge on any atom is -0.477 e. The first-order valence-corrected chi connectivity index (χ1v) is 4.02. The van der Waals surface area contributed by atoms with E-state index in [1.807, 2.05) is 0 Å². The molecule has 0 radical (unpaired) electrons. The second kappa shape index (κ2) is 3.52. The van der Waals surface area contributed by atoms with Crippen molar-refractivity contribution in [1.82, 2.24) is 4.98 Å². The first-order valence-electron chi connectivity index (χ1n) is 4.02. The van der Waals surface area contributed by atoms with Gasteiger partial charge in [-0.3, -0.25) is 0 Å². The number of aromatic carboxylic acids is 1. The Balaban J connectivity index is 3.39. The number of carboxylic acids is 1. The number of hydrogen-bond acceptors (Lipinski definition) is 2. The lowest BCUT2D eigenvalue weighted by molar-refractivity contribution is -0.138. The van der Waals surface area contributed by atoms with Crippen LogP contribution >= 0.6 is 0 Å². The average molecular weight is 219 g/mol. The van der Waals surface area contributed by atoms with E-state index in [-0.39, 0.29) is 17.0 Å². The molecule has 1 aromatic rings. The minimum absolute atomic E-state index is 0.000394. The molecular weight excluding hydrogens is 211 g/mol. The van der Waals surface area contributed by atoms with E-state index < -0.39 is 17.7 Å². The molecule has 0 atom stereocenters. The van der Waals surface area contributed by atoms with Crippen molar-refractivity contribution in [1.29, 1.82) is 0 Å². The van der Waals surface area contributed by atoms with Gasteiger partial charge in [-0.2, -0.15) is 13.2 Å². The summed E-state index contributed by atoms with van der Waals surface area (Å²) in [6.45, 7) is 2.42. The third-order valence-electron chi connectivity index (χ3n) is 1.91. The second-order valence-electron chi connectivity index (χ2n) is 3.09. The molecule has 82 valence electrons. The number of halogens is 3. The van der Waals surface area contributed by atoms with Gasteiger partial charge in [0.1, 0.15) is 0 Å². The molecule has 1 N–H and O–H groups in total. The third kappa shape index (κ3) is 2.26. The summed E-state index contributed by atoms with van der Waals surface area (Å²) in [6, 6.07) is 0.797. The van der Waals surface area contributed by atoms with Crippen molar-refractivity contribution in [2.45, 2.75) is 20.0 Å². The van der Waals surface area contributed by atoms with Crippen molar-refractivity contribution in [3.05, 3.63) is 28.6 Å². The van der Waals surface area contributed by atoms with Gasteiger partial charge in [0.05, 0.1) is 11.3 Å². The van der Waals surface area contributed by atoms with Crippen LogP contribution in [0.1, 0.15) is 27.3 Å². The predicted octanol–water partition coefficient (Wildman–Crippen LogP) is 2.42. The van der Waals surface area contributed by atoms with Crippen LogP contribution in [0.25, 0.3) is 0 Å². The molecule has 0 aliphatic rings. The number of aromatic nitrogens is 1. The quantitative estimate of drug-likeness (QED) is 0.789. The fourth-order valence-corrected chi connectivity index (χ4v) is 1.21. The van der Waals surface area contributed by atoms with Crippen molar-refractivity contribution < 1.29 is 23.1 Å². The maximum Gasteiger partial charge on any atom is 0.418 e. The Morgan fingerprint density at radius 2 is 1.93 bits per heavy atom. The molecule has 1 rings (SSSR count). The zero-order valence-corrected chi connectivity index (χ0v) is 8.01. The molecule has 0 unspecified atom stereocenters. The Morgan fingerprint density at radius 3 is 2.33 bits per heavy atom. The Bertz CT molecular complexity index is 413. The fraction of sp³-hybridized carbons (Fsp3) is 0.333. The van der Waals surface area contributed by atoms with Crippen molar-refractivity contribution in [3.63, 3.8) is 0 Å². The normalized spacial score (nSPS) is 11.5. The van der Waals surface area contributed by atoms with E-state index in [9.17, 15) is 18.0 Å². The third-order valence-corrected chi connectivity index (χ3v) is 1.91. The summed E-state index contributed by atoms with van der Waals surface area (Å²) in [5.41, 5.74) is -1.57. The van der Waals surface area contributed by atoms with Crippen LogP contribution in [0.4, 0.5) is 13.2 Å². The summed E-state index contributed by atoms with van der Waals surface area (Å²) < 4.78 is 37.1. The number of hydrogen-bond donors (Lipinski definition) is 1. The first-order chi connectivity index (χ1) is 6.73. The lowest BCUT2D eigenvalue weighted by Gasteiger charge is -2.11. The lowest BCUT2D eigenvalue weighted by atomic mass is 10.1. The van der Waals surface area contributed by atoms with Crippen LogP contribution in [-0.4, -0.2) is 16.1 Å². The van der Waals surface area contributed by atoms with Crippen LogP contribution in [0.2, 0.25) is 0 Å². The molecule has 0 fully saturated rings. The van der Waals surface area contributed by atoms with Gasteiger partial charge < -0.3 is 5.11 Å². The molecule has 0 spiro atoms. The van der Waals surface area contributed by atoms with Gasteiger partial charge in [-0.1, -0.05) is 0 Å². The maximum atomic E-state index is 12.4. The van der Waals surface area contributed by atoms with Gasteiger partial charge in [0, 0.05) is 0 Å². The van der Waals surface area contributed by atoms with E-state index in [2.05, 4.69) is 4.98 Å².